The molecule has 2 aliphatic heterocycles. The average Bonchev–Trinajstić information content (AvgIpc) is 2.75. The number of rotatable bonds is 1. The maximum Gasteiger partial charge on any atom is 0.0786 e. The fourth-order valence-electron chi connectivity index (χ4n) is 4.14. The molecule has 0 bridgehead atoms. The maximum absolute atomic E-state index is 6.24. The first-order chi connectivity index (χ1) is 8.98. The van der Waals surface area contributed by atoms with Gasteiger partial charge in [-0.1, -0.05) is 25.5 Å². The highest BCUT2D eigenvalue weighted by molar-refractivity contribution is 7.99. The van der Waals surface area contributed by atoms with Gasteiger partial charge >= 0.3 is 0 Å². The van der Waals surface area contributed by atoms with Crippen LogP contribution in [0.25, 0.3) is 0 Å². The maximum atomic E-state index is 6.24. The van der Waals surface area contributed by atoms with Crippen molar-refractivity contribution in [3.05, 3.63) is 11.6 Å². The molecule has 108 valence electrons. The summed E-state index contributed by atoms with van der Waals surface area (Å²) in [4.78, 5) is 0. The second-order valence-electron chi connectivity index (χ2n) is 7.47. The van der Waals surface area contributed by atoms with Gasteiger partial charge in [-0.15, -0.1) is 0 Å². The molecule has 19 heavy (non-hydrogen) atoms. The van der Waals surface area contributed by atoms with E-state index in [0.717, 1.165) is 18.9 Å². The molecule has 3 unspecified atom stereocenters. The zero-order valence-electron chi connectivity index (χ0n) is 12.3. The Hall–Kier alpha value is 0.01000. The van der Waals surface area contributed by atoms with E-state index in [1.165, 1.54) is 37.2 Å². The van der Waals surface area contributed by atoms with E-state index in [9.17, 15) is 0 Å². The quantitative estimate of drug-likeness (QED) is 0.749. The number of ether oxygens (including phenoxy) is 1. The Balaban J connectivity index is 1.74. The molecule has 2 saturated heterocycles. The number of hydrogen-bond acceptors (Lipinski definition) is 3. The van der Waals surface area contributed by atoms with Gasteiger partial charge in [0.05, 0.1) is 5.60 Å². The molecule has 3 rings (SSSR count). The fraction of sp³-hybridized carbons (Fsp3) is 0.875. The summed E-state index contributed by atoms with van der Waals surface area (Å²) >= 11 is 2.06. The van der Waals surface area contributed by atoms with Gasteiger partial charge in [-0.2, -0.15) is 11.8 Å². The van der Waals surface area contributed by atoms with Gasteiger partial charge < -0.3 is 10.5 Å². The summed E-state index contributed by atoms with van der Waals surface area (Å²) in [5.41, 5.74) is 8.44. The van der Waals surface area contributed by atoms with Gasteiger partial charge in [0.1, 0.15) is 0 Å². The second kappa shape index (κ2) is 5.09. The van der Waals surface area contributed by atoms with Crippen LogP contribution in [-0.4, -0.2) is 29.8 Å². The van der Waals surface area contributed by atoms with Crippen LogP contribution < -0.4 is 5.73 Å². The molecule has 0 radical (unpaired) electrons. The van der Waals surface area contributed by atoms with Crippen LogP contribution in [0.4, 0.5) is 0 Å². The second-order valence-corrected chi connectivity index (χ2v) is 8.58. The molecular formula is C16H27NOS. The molecule has 3 atom stereocenters. The first-order valence-electron chi connectivity index (χ1n) is 7.66. The Bertz CT molecular complexity index is 371. The van der Waals surface area contributed by atoms with Crippen molar-refractivity contribution in [3.8, 4) is 0 Å². The Kier molecular flexibility index (Phi) is 3.74. The zero-order valence-corrected chi connectivity index (χ0v) is 13.1. The number of nitrogens with two attached hydrogens (primary N) is 1. The van der Waals surface area contributed by atoms with E-state index in [1.807, 2.05) is 0 Å². The lowest BCUT2D eigenvalue weighted by Gasteiger charge is -2.42. The Morgan fingerprint density at radius 1 is 1.37 bits per heavy atom. The fourth-order valence-corrected chi connectivity index (χ4v) is 5.52. The minimum atomic E-state index is 0.195. The standard InChI is InChI=1S/C16H27NOS/c1-15(2)8-13(7-14(17)10-15)12-3-5-18-16(9-12)4-6-19-11-16/h7,12,14H,3-6,8-11,17H2,1-2H3. The smallest absolute Gasteiger partial charge is 0.0786 e. The third-order valence-electron chi connectivity index (χ3n) is 4.98. The van der Waals surface area contributed by atoms with Gasteiger partial charge in [-0.25, -0.2) is 0 Å². The molecule has 1 spiro atoms. The van der Waals surface area contributed by atoms with Crippen molar-refractivity contribution in [1.29, 1.82) is 0 Å². The number of allylic oxidation sites excluding steroid dienone is 1. The van der Waals surface area contributed by atoms with Crippen molar-refractivity contribution >= 4 is 11.8 Å². The molecule has 0 aromatic carbocycles. The molecule has 3 heteroatoms. The summed E-state index contributed by atoms with van der Waals surface area (Å²) < 4.78 is 6.15. The summed E-state index contributed by atoms with van der Waals surface area (Å²) in [7, 11) is 0. The molecule has 0 amide bonds. The molecule has 2 fully saturated rings. The van der Waals surface area contributed by atoms with E-state index >= 15 is 0 Å². The predicted molar refractivity (Wildman–Crippen MR) is 82.4 cm³/mol. The molecule has 0 aromatic heterocycles. The van der Waals surface area contributed by atoms with Gasteiger partial charge in [-0.3, -0.25) is 0 Å². The van der Waals surface area contributed by atoms with Crippen LogP contribution in [0.3, 0.4) is 0 Å². The van der Waals surface area contributed by atoms with E-state index in [-0.39, 0.29) is 11.6 Å². The van der Waals surface area contributed by atoms with Crippen LogP contribution in [0.2, 0.25) is 0 Å². The van der Waals surface area contributed by atoms with Crippen molar-refractivity contribution in [1.82, 2.24) is 0 Å². The van der Waals surface area contributed by atoms with E-state index in [1.54, 1.807) is 5.57 Å². The molecule has 3 aliphatic rings. The highest BCUT2D eigenvalue weighted by Crippen LogP contribution is 2.46. The average molecular weight is 281 g/mol. The highest BCUT2D eigenvalue weighted by atomic mass is 32.2. The van der Waals surface area contributed by atoms with Gasteiger partial charge in [0, 0.05) is 18.4 Å². The Morgan fingerprint density at radius 3 is 2.89 bits per heavy atom. The van der Waals surface area contributed by atoms with Crippen molar-refractivity contribution in [3.63, 3.8) is 0 Å². The lowest BCUT2D eigenvalue weighted by Crippen LogP contribution is -2.42. The van der Waals surface area contributed by atoms with Crippen LogP contribution in [0.1, 0.15) is 46.0 Å². The molecule has 2 nitrogen and oxygen atoms in total. The lowest BCUT2D eigenvalue weighted by molar-refractivity contribution is -0.0746. The van der Waals surface area contributed by atoms with Crippen LogP contribution in [0.5, 0.6) is 0 Å². The zero-order chi connectivity index (χ0) is 13.5. The summed E-state index contributed by atoms with van der Waals surface area (Å²) in [6.45, 7) is 5.67. The summed E-state index contributed by atoms with van der Waals surface area (Å²) in [5, 5.41) is 0. The highest BCUT2D eigenvalue weighted by Gasteiger charge is 2.42. The largest absolute Gasteiger partial charge is 0.374 e. The van der Waals surface area contributed by atoms with Gasteiger partial charge in [0.15, 0.2) is 0 Å². The molecular weight excluding hydrogens is 254 g/mol. The summed E-state index contributed by atoms with van der Waals surface area (Å²) in [6.07, 6.45) is 8.40. The number of hydrogen-bond donors (Lipinski definition) is 1. The topological polar surface area (TPSA) is 35.2 Å². The van der Waals surface area contributed by atoms with Gasteiger partial charge in [-0.05, 0) is 49.2 Å². The monoisotopic (exact) mass is 281 g/mol. The van der Waals surface area contributed by atoms with Crippen LogP contribution in [-0.2, 0) is 4.74 Å². The van der Waals surface area contributed by atoms with Crippen molar-refractivity contribution in [2.24, 2.45) is 17.1 Å². The molecule has 1 aliphatic carbocycles. The lowest BCUT2D eigenvalue weighted by atomic mass is 9.69. The third kappa shape index (κ3) is 3.03. The minimum Gasteiger partial charge on any atom is -0.374 e. The predicted octanol–water partition coefficient (Wildman–Crippen LogP) is 3.36. The summed E-state index contributed by atoms with van der Waals surface area (Å²) in [5.74, 6) is 3.20. The third-order valence-corrected chi connectivity index (χ3v) is 6.21. The number of thioether (sulfide) groups is 1. The van der Waals surface area contributed by atoms with Crippen LogP contribution in [0, 0.1) is 11.3 Å². The Labute approximate surface area is 121 Å². The van der Waals surface area contributed by atoms with Gasteiger partial charge in [0.25, 0.3) is 0 Å². The van der Waals surface area contributed by atoms with Crippen molar-refractivity contribution in [2.45, 2.75) is 57.6 Å². The van der Waals surface area contributed by atoms with Crippen LogP contribution in [0.15, 0.2) is 11.6 Å². The van der Waals surface area contributed by atoms with E-state index in [0.29, 0.717) is 5.41 Å². The van der Waals surface area contributed by atoms with E-state index in [4.69, 9.17) is 10.5 Å². The SMILES string of the molecule is CC1(C)CC(C2CCOC3(CCSC3)C2)=CC(N)C1. The Morgan fingerprint density at radius 2 is 2.21 bits per heavy atom. The van der Waals surface area contributed by atoms with Crippen LogP contribution >= 0.6 is 11.8 Å². The van der Waals surface area contributed by atoms with E-state index in [2.05, 4.69) is 31.7 Å². The normalized spacial score (nSPS) is 42.4. The van der Waals surface area contributed by atoms with Gasteiger partial charge in [0.2, 0.25) is 0 Å². The first kappa shape index (κ1) is 14.0. The van der Waals surface area contributed by atoms with E-state index < -0.39 is 0 Å². The minimum absolute atomic E-state index is 0.195. The first-order valence-corrected chi connectivity index (χ1v) is 8.81. The van der Waals surface area contributed by atoms with Crippen molar-refractivity contribution in [2.75, 3.05) is 18.1 Å². The molecule has 0 saturated carbocycles. The molecule has 2 heterocycles. The van der Waals surface area contributed by atoms with Crippen molar-refractivity contribution < 1.29 is 4.74 Å². The molecule has 2 N–H and O–H groups in total. The summed E-state index contributed by atoms with van der Waals surface area (Å²) in [6, 6.07) is 0.260. The molecule has 0 aromatic rings.